The van der Waals surface area contributed by atoms with Gasteiger partial charge in [-0.15, -0.1) is 0 Å². The summed E-state index contributed by atoms with van der Waals surface area (Å²) >= 11 is 0. The molecular formula is C14H19N5O4. The molecule has 5 N–H and O–H groups in total. The number of fused-ring (bicyclic) bond motifs is 1. The van der Waals surface area contributed by atoms with E-state index in [2.05, 4.69) is 9.97 Å². The molecule has 1 saturated heterocycles. The van der Waals surface area contributed by atoms with Crippen molar-refractivity contribution in [3.8, 4) is 0 Å². The molecule has 124 valence electrons. The van der Waals surface area contributed by atoms with Gasteiger partial charge in [0.15, 0.2) is 6.23 Å². The van der Waals surface area contributed by atoms with Crippen molar-refractivity contribution in [1.82, 2.24) is 14.5 Å². The number of anilines is 1. The molecule has 2 aromatic rings. The van der Waals surface area contributed by atoms with Gasteiger partial charge in [0.05, 0.1) is 23.7 Å². The summed E-state index contributed by atoms with van der Waals surface area (Å²) in [6.45, 7) is 2.06. The fourth-order valence-electron chi connectivity index (χ4n) is 2.94. The molecule has 1 amide bonds. The minimum Gasteiger partial charge on any atom is -0.388 e. The number of nitrogen functional groups attached to an aromatic ring is 1. The number of nitrogens with zero attached hydrogens (tertiary/aromatic N) is 3. The Morgan fingerprint density at radius 2 is 2.30 bits per heavy atom. The second-order valence-corrected chi connectivity index (χ2v) is 5.58. The molecule has 0 aromatic carbocycles. The van der Waals surface area contributed by atoms with Crippen LogP contribution in [0, 0.1) is 6.92 Å². The Balaban J connectivity index is 2.13. The summed E-state index contributed by atoms with van der Waals surface area (Å²) in [5.41, 5.74) is 11.9. The topological polar surface area (TPSA) is 139 Å². The number of amides is 1. The molecule has 3 heterocycles. The summed E-state index contributed by atoms with van der Waals surface area (Å²) in [5.74, 6) is -0.0268. The van der Waals surface area contributed by atoms with E-state index >= 15 is 0 Å². The summed E-state index contributed by atoms with van der Waals surface area (Å²) in [6, 6.07) is 0. The molecule has 2 aromatic heterocycles. The van der Waals surface area contributed by atoms with Crippen molar-refractivity contribution in [1.29, 1.82) is 0 Å². The number of aliphatic hydroxyl groups excluding tert-OH is 1. The third-order valence-corrected chi connectivity index (χ3v) is 3.87. The average molecular weight is 321 g/mol. The van der Waals surface area contributed by atoms with Gasteiger partial charge in [-0.1, -0.05) is 0 Å². The van der Waals surface area contributed by atoms with Crippen LogP contribution in [0.5, 0.6) is 0 Å². The normalized spacial score (nSPS) is 24.4. The van der Waals surface area contributed by atoms with Crippen LogP contribution in [-0.4, -0.2) is 51.5 Å². The van der Waals surface area contributed by atoms with E-state index in [1.165, 1.54) is 6.20 Å². The molecule has 23 heavy (non-hydrogen) atoms. The van der Waals surface area contributed by atoms with E-state index in [-0.39, 0.29) is 17.5 Å². The number of aromatic nitrogens is 3. The second-order valence-electron chi connectivity index (χ2n) is 5.58. The summed E-state index contributed by atoms with van der Waals surface area (Å²) in [7, 11) is 1.57. The third-order valence-electron chi connectivity index (χ3n) is 3.87. The minimum absolute atomic E-state index is 0.168. The number of aryl methyl sites for hydroxylation is 1. The zero-order valence-corrected chi connectivity index (χ0v) is 12.9. The van der Waals surface area contributed by atoms with Gasteiger partial charge in [0.25, 0.3) is 5.91 Å². The molecule has 0 radical (unpaired) electrons. The first kappa shape index (κ1) is 15.7. The van der Waals surface area contributed by atoms with E-state index in [0.717, 1.165) is 0 Å². The Bertz CT molecular complexity index is 759. The summed E-state index contributed by atoms with van der Waals surface area (Å²) < 4.78 is 12.5. The number of primary amides is 1. The highest BCUT2D eigenvalue weighted by Crippen LogP contribution is 2.34. The molecule has 1 aliphatic rings. The van der Waals surface area contributed by atoms with Crippen molar-refractivity contribution in [2.45, 2.75) is 31.8 Å². The van der Waals surface area contributed by atoms with Crippen LogP contribution in [0.2, 0.25) is 0 Å². The predicted molar refractivity (Wildman–Crippen MR) is 81.6 cm³/mol. The number of carbonyl (C=O) groups excluding carboxylic acids is 1. The smallest absolute Gasteiger partial charge is 0.251 e. The van der Waals surface area contributed by atoms with Crippen LogP contribution in [0.1, 0.15) is 28.8 Å². The van der Waals surface area contributed by atoms with E-state index in [1.807, 2.05) is 0 Å². The van der Waals surface area contributed by atoms with Crippen molar-refractivity contribution in [3.63, 3.8) is 0 Å². The first-order valence-electron chi connectivity index (χ1n) is 7.19. The maximum atomic E-state index is 11.7. The lowest BCUT2D eigenvalue weighted by Crippen LogP contribution is -2.19. The van der Waals surface area contributed by atoms with Crippen LogP contribution >= 0.6 is 0 Å². The lowest BCUT2D eigenvalue weighted by Gasteiger charge is -2.17. The van der Waals surface area contributed by atoms with Crippen LogP contribution in [0.4, 0.5) is 5.82 Å². The summed E-state index contributed by atoms with van der Waals surface area (Å²) in [6.07, 6.45) is 0.224. The lowest BCUT2D eigenvalue weighted by atomic mass is 10.2. The van der Waals surface area contributed by atoms with Crippen molar-refractivity contribution < 1.29 is 19.4 Å². The van der Waals surface area contributed by atoms with Gasteiger partial charge in [-0.25, -0.2) is 9.97 Å². The van der Waals surface area contributed by atoms with Gasteiger partial charge in [0, 0.05) is 19.7 Å². The monoisotopic (exact) mass is 321 g/mol. The number of carbonyl (C=O) groups is 1. The van der Waals surface area contributed by atoms with Crippen LogP contribution in [0.25, 0.3) is 11.0 Å². The maximum Gasteiger partial charge on any atom is 0.251 e. The van der Waals surface area contributed by atoms with E-state index in [4.69, 9.17) is 20.9 Å². The number of ether oxygens (including phenoxy) is 2. The maximum absolute atomic E-state index is 11.7. The van der Waals surface area contributed by atoms with Gasteiger partial charge in [-0.05, 0) is 6.92 Å². The SMILES string of the molecule is COC[C@@H]1C[C@@H](O)[C@H](n2cc(C(N)=O)c3c(N)nc(C)nc32)O1. The van der Waals surface area contributed by atoms with Crippen LogP contribution in [0.3, 0.4) is 0 Å². The molecule has 0 spiro atoms. The Hall–Kier alpha value is -2.23. The van der Waals surface area contributed by atoms with Gasteiger partial charge >= 0.3 is 0 Å². The van der Waals surface area contributed by atoms with Crippen molar-refractivity contribution in [3.05, 3.63) is 17.6 Å². The molecule has 1 aliphatic heterocycles. The van der Waals surface area contributed by atoms with E-state index in [9.17, 15) is 9.90 Å². The quantitative estimate of drug-likeness (QED) is 0.703. The molecule has 3 atom stereocenters. The zero-order chi connectivity index (χ0) is 16.7. The number of aliphatic hydroxyl groups is 1. The largest absolute Gasteiger partial charge is 0.388 e. The molecule has 0 saturated carbocycles. The Morgan fingerprint density at radius 3 is 2.96 bits per heavy atom. The highest BCUT2D eigenvalue weighted by atomic mass is 16.6. The Kier molecular flexibility index (Phi) is 3.92. The average Bonchev–Trinajstić information content (AvgIpc) is 3.00. The fraction of sp³-hybridized carbons (Fsp3) is 0.500. The minimum atomic E-state index is -0.761. The molecule has 9 nitrogen and oxygen atoms in total. The van der Waals surface area contributed by atoms with Crippen molar-refractivity contribution in [2.24, 2.45) is 5.73 Å². The Labute approximate surface area is 132 Å². The molecule has 1 fully saturated rings. The molecule has 0 unspecified atom stereocenters. The summed E-state index contributed by atoms with van der Waals surface area (Å²) in [5, 5.41) is 10.7. The number of methoxy groups -OCH3 is 1. The standard InChI is InChI=1S/C14H19N5O4/c1-6-17-11(15)10-8(12(16)21)4-19(13(10)18-6)14-9(20)3-7(23-14)5-22-2/h4,7,9,14,20H,3,5H2,1-2H3,(H2,16,21)(H2,15,17,18)/t7-,9+,14+/m0/s1. The number of nitrogens with two attached hydrogens (primary N) is 2. The first-order chi connectivity index (χ1) is 10.9. The van der Waals surface area contributed by atoms with Crippen LogP contribution < -0.4 is 11.5 Å². The fourth-order valence-corrected chi connectivity index (χ4v) is 2.94. The van der Waals surface area contributed by atoms with Crippen molar-refractivity contribution in [2.75, 3.05) is 19.5 Å². The lowest BCUT2D eigenvalue weighted by molar-refractivity contribution is -0.0539. The molecule has 3 rings (SSSR count). The van der Waals surface area contributed by atoms with Crippen LogP contribution in [0.15, 0.2) is 6.20 Å². The van der Waals surface area contributed by atoms with Gasteiger partial charge in [-0.2, -0.15) is 0 Å². The molecule has 0 bridgehead atoms. The Morgan fingerprint density at radius 1 is 1.57 bits per heavy atom. The number of rotatable bonds is 4. The summed E-state index contributed by atoms with van der Waals surface area (Å²) in [4.78, 5) is 20.1. The van der Waals surface area contributed by atoms with E-state index < -0.39 is 18.2 Å². The molecular weight excluding hydrogens is 302 g/mol. The predicted octanol–water partition coefficient (Wildman–Crippen LogP) is -0.284. The van der Waals surface area contributed by atoms with Gasteiger partial charge in [-0.3, -0.25) is 4.79 Å². The van der Waals surface area contributed by atoms with Gasteiger partial charge in [0.2, 0.25) is 0 Å². The second kappa shape index (κ2) is 5.76. The molecule has 0 aliphatic carbocycles. The van der Waals surface area contributed by atoms with Crippen molar-refractivity contribution >= 4 is 22.8 Å². The van der Waals surface area contributed by atoms with Gasteiger partial charge in [0.1, 0.15) is 23.4 Å². The van der Waals surface area contributed by atoms with E-state index in [0.29, 0.717) is 29.9 Å². The number of hydrogen-bond donors (Lipinski definition) is 3. The third kappa shape index (κ3) is 2.62. The highest BCUT2D eigenvalue weighted by Gasteiger charge is 2.37. The first-order valence-corrected chi connectivity index (χ1v) is 7.19. The molecule has 9 heteroatoms. The zero-order valence-electron chi connectivity index (χ0n) is 12.9. The number of hydrogen-bond acceptors (Lipinski definition) is 7. The van der Waals surface area contributed by atoms with Crippen LogP contribution in [-0.2, 0) is 9.47 Å². The van der Waals surface area contributed by atoms with Gasteiger partial charge < -0.3 is 30.6 Å². The van der Waals surface area contributed by atoms with E-state index in [1.54, 1.807) is 18.6 Å². The highest BCUT2D eigenvalue weighted by molar-refractivity contribution is 6.08.